The van der Waals surface area contributed by atoms with Crippen LogP contribution in [0.3, 0.4) is 0 Å². The van der Waals surface area contributed by atoms with Crippen molar-refractivity contribution in [2.45, 2.75) is 33.1 Å². The molecule has 110 valence electrons. The summed E-state index contributed by atoms with van der Waals surface area (Å²) in [5, 5.41) is 6.13. The van der Waals surface area contributed by atoms with Crippen molar-refractivity contribution in [3.63, 3.8) is 0 Å². The predicted molar refractivity (Wildman–Crippen MR) is 86.9 cm³/mol. The number of anilines is 3. The molecule has 1 aromatic heterocycles. The molecule has 1 heterocycles. The van der Waals surface area contributed by atoms with Gasteiger partial charge in [-0.05, 0) is 36.6 Å². The molecule has 1 amide bonds. The van der Waals surface area contributed by atoms with Crippen LogP contribution in [0.25, 0.3) is 0 Å². The molecule has 4 heteroatoms. The van der Waals surface area contributed by atoms with Crippen LogP contribution in [0, 0.1) is 0 Å². The van der Waals surface area contributed by atoms with Gasteiger partial charge >= 0.3 is 0 Å². The molecular weight excluding hydrogens is 262 g/mol. The van der Waals surface area contributed by atoms with Gasteiger partial charge in [-0.15, -0.1) is 0 Å². The molecule has 0 atom stereocenters. The van der Waals surface area contributed by atoms with E-state index in [-0.39, 0.29) is 5.91 Å². The fraction of sp³-hybridized carbons (Fsp3) is 0.294. The highest BCUT2D eigenvalue weighted by molar-refractivity contribution is 5.90. The Kier molecular flexibility index (Phi) is 5.32. The summed E-state index contributed by atoms with van der Waals surface area (Å²) in [7, 11) is 0. The number of rotatable bonds is 6. The van der Waals surface area contributed by atoms with E-state index in [0.29, 0.717) is 6.42 Å². The van der Waals surface area contributed by atoms with Crippen molar-refractivity contribution in [2.75, 3.05) is 10.6 Å². The molecule has 4 nitrogen and oxygen atoms in total. The third kappa shape index (κ3) is 4.31. The number of amides is 1. The van der Waals surface area contributed by atoms with Crippen LogP contribution in [0.5, 0.6) is 0 Å². The first-order valence-electron chi connectivity index (χ1n) is 7.33. The Labute approximate surface area is 125 Å². The molecular formula is C17H21N3O. The second-order valence-electron chi connectivity index (χ2n) is 4.87. The average molecular weight is 283 g/mol. The fourth-order valence-corrected chi connectivity index (χ4v) is 2.08. The minimum Gasteiger partial charge on any atom is -0.340 e. The number of nitrogens with one attached hydrogen (secondary N) is 2. The standard InChI is InChI=1S/C17H21N3O/c1-3-7-17(21)19-14-10-11-16(18-12-14)20-15-9-6-5-8-13(15)4-2/h5-6,8-12H,3-4,7H2,1-2H3,(H,18,20)(H,19,21). The predicted octanol–water partition coefficient (Wildman–Crippen LogP) is 4.13. The van der Waals surface area contributed by atoms with Gasteiger partial charge in [0.15, 0.2) is 0 Å². The summed E-state index contributed by atoms with van der Waals surface area (Å²) < 4.78 is 0. The molecule has 0 spiro atoms. The molecule has 0 saturated carbocycles. The van der Waals surface area contributed by atoms with Crippen molar-refractivity contribution < 1.29 is 4.79 Å². The van der Waals surface area contributed by atoms with Gasteiger partial charge in [0.25, 0.3) is 0 Å². The summed E-state index contributed by atoms with van der Waals surface area (Å²) in [5.41, 5.74) is 3.04. The van der Waals surface area contributed by atoms with E-state index >= 15 is 0 Å². The first kappa shape index (κ1) is 15.0. The van der Waals surface area contributed by atoms with Crippen molar-refractivity contribution >= 4 is 23.1 Å². The van der Waals surface area contributed by atoms with Gasteiger partial charge in [0, 0.05) is 12.1 Å². The third-order valence-corrected chi connectivity index (χ3v) is 3.19. The number of aromatic nitrogens is 1. The van der Waals surface area contributed by atoms with E-state index in [0.717, 1.165) is 30.0 Å². The molecule has 0 fully saturated rings. The van der Waals surface area contributed by atoms with Gasteiger partial charge < -0.3 is 10.6 Å². The van der Waals surface area contributed by atoms with Crippen molar-refractivity contribution in [3.8, 4) is 0 Å². The summed E-state index contributed by atoms with van der Waals surface area (Å²) >= 11 is 0. The largest absolute Gasteiger partial charge is 0.340 e. The highest BCUT2D eigenvalue weighted by Crippen LogP contribution is 2.20. The Hall–Kier alpha value is -2.36. The lowest BCUT2D eigenvalue weighted by molar-refractivity contribution is -0.116. The molecule has 0 unspecified atom stereocenters. The van der Waals surface area contributed by atoms with Crippen LogP contribution in [-0.4, -0.2) is 10.9 Å². The summed E-state index contributed by atoms with van der Waals surface area (Å²) in [6.07, 6.45) is 4.01. The van der Waals surface area contributed by atoms with Crippen molar-refractivity contribution in [2.24, 2.45) is 0 Å². The maximum absolute atomic E-state index is 11.5. The van der Waals surface area contributed by atoms with E-state index in [1.54, 1.807) is 6.20 Å². The Bertz CT molecular complexity index is 593. The Morgan fingerprint density at radius 1 is 1.14 bits per heavy atom. The van der Waals surface area contributed by atoms with Crippen LogP contribution >= 0.6 is 0 Å². The number of carbonyl (C=O) groups excluding carboxylic acids is 1. The van der Waals surface area contributed by atoms with Crippen molar-refractivity contribution in [1.29, 1.82) is 0 Å². The Morgan fingerprint density at radius 3 is 2.62 bits per heavy atom. The Balaban J connectivity index is 2.04. The summed E-state index contributed by atoms with van der Waals surface area (Å²) in [6, 6.07) is 11.9. The van der Waals surface area contributed by atoms with Crippen LogP contribution in [0.2, 0.25) is 0 Å². The molecule has 2 N–H and O–H groups in total. The van der Waals surface area contributed by atoms with Crippen LogP contribution in [-0.2, 0) is 11.2 Å². The van der Waals surface area contributed by atoms with E-state index in [4.69, 9.17) is 0 Å². The van der Waals surface area contributed by atoms with Crippen molar-refractivity contribution in [3.05, 3.63) is 48.2 Å². The molecule has 0 saturated heterocycles. The normalized spacial score (nSPS) is 10.2. The fourth-order valence-electron chi connectivity index (χ4n) is 2.08. The number of benzene rings is 1. The Morgan fingerprint density at radius 2 is 1.95 bits per heavy atom. The molecule has 2 aromatic rings. The number of aryl methyl sites for hydroxylation is 1. The summed E-state index contributed by atoms with van der Waals surface area (Å²) in [5.74, 6) is 0.792. The zero-order valence-electron chi connectivity index (χ0n) is 12.5. The number of hydrogen-bond acceptors (Lipinski definition) is 3. The average Bonchev–Trinajstić information content (AvgIpc) is 2.50. The number of pyridine rings is 1. The van der Waals surface area contributed by atoms with E-state index in [2.05, 4.69) is 28.6 Å². The van der Waals surface area contributed by atoms with Crippen molar-refractivity contribution in [1.82, 2.24) is 4.98 Å². The third-order valence-electron chi connectivity index (χ3n) is 3.19. The van der Waals surface area contributed by atoms with Crippen LogP contribution in [0.15, 0.2) is 42.6 Å². The van der Waals surface area contributed by atoms with Gasteiger partial charge in [-0.3, -0.25) is 4.79 Å². The number of para-hydroxylation sites is 1. The lowest BCUT2D eigenvalue weighted by Gasteiger charge is -2.10. The molecule has 0 aliphatic carbocycles. The van der Waals surface area contributed by atoms with E-state index in [9.17, 15) is 4.79 Å². The summed E-state index contributed by atoms with van der Waals surface area (Å²) in [4.78, 5) is 15.9. The minimum atomic E-state index is 0.0244. The van der Waals surface area contributed by atoms with Crippen LogP contribution < -0.4 is 10.6 Å². The van der Waals surface area contributed by atoms with E-state index < -0.39 is 0 Å². The van der Waals surface area contributed by atoms with Crippen LogP contribution in [0.1, 0.15) is 32.3 Å². The maximum Gasteiger partial charge on any atom is 0.224 e. The number of carbonyl (C=O) groups is 1. The number of nitrogens with zero attached hydrogens (tertiary/aromatic N) is 1. The van der Waals surface area contributed by atoms with Gasteiger partial charge in [0.1, 0.15) is 5.82 Å². The molecule has 0 aliphatic heterocycles. The molecule has 21 heavy (non-hydrogen) atoms. The first-order chi connectivity index (χ1) is 10.2. The molecule has 0 radical (unpaired) electrons. The van der Waals surface area contributed by atoms with Gasteiger partial charge in [0.2, 0.25) is 5.91 Å². The smallest absolute Gasteiger partial charge is 0.224 e. The monoisotopic (exact) mass is 283 g/mol. The molecule has 0 bridgehead atoms. The lowest BCUT2D eigenvalue weighted by Crippen LogP contribution is -2.10. The van der Waals surface area contributed by atoms with Gasteiger partial charge in [-0.25, -0.2) is 4.98 Å². The zero-order valence-corrected chi connectivity index (χ0v) is 12.5. The number of hydrogen-bond donors (Lipinski definition) is 2. The van der Waals surface area contributed by atoms with Gasteiger partial charge in [-0.1, -0.05) is 32.0 Å². The van der Waals surface area contributed by atoms with E-state index in [1.807, 2.05) is 37.3 Å². The summed E-state index contributed by atoms with van der Waals surface area (Å²) in [6.45, 7) is 4.11. The van der Waals surface area contributed by atoms with Gasteiger partial charge in [0.05, 0.1) is 11.9 Å². The quantitative estimate of drug-likeness (QED) is 0.838. The van der Waals surface area contributed by atoms with Gasteiger partial charge in [-0.2, -0.15) is 0 Å². The second-order valence-corrected chi connectivity index (χ2v) is 4.87. The molecule has 2 rings (SSSR count). The lowest BCUT2D eigenvalue weighted by atomic mass is 10.1. The second kappa shape index (κ2) is 7.43. The highest BCUT2D eigenvalue weighted by atomic mass is 16.1. The molecule has 0 aliphatic rings. The van der Waals surface area contributed by atoms with Crippen LogP contribution in [0.4, 0.5) is 17.2 Å². The first-order valence-corrected chi connectivity index (χ1v) is 7.33. The highest BCUT2D eigenvalue weighted by Gasteiger charge is 2.03. The topological polar surface area (TPSA) is 54.0 Å². The zero-order chi connectivity index (χ0) is 15.1. The van der Waals surface area contributed by atoms with E-state index in [1.165, 1.54) is 5.56 Å². The SMILES string of the molecule is CCCC(=O)Nc1ccc(Nc2ccccc2CC)nc1. The molecule has 1 aromatic carbocycles. The minimum absolute atomic E-state index is 0.0244. The maximum atomic E-state index is 11.5.